The summed E-state index contributed by atoms with van der Waals surface area (Å²) in [7, 11) is -3.40. The molecule has 0 atom stereocenters. The SMILES string of the molecule is CCNCc1ccc(S(=O)(=O)NCC2CC2)c(Br)c1. The van der Waals surface area contributed by atoms with Gasteiger partial charge in [0.2, 0.25) is 10.0 Å². The number of rotatable bonds is 7. The third kappa shape index (κ3) is 4.27. The van der Waals surface area contributed by atoms with E-state index in [0.717, 1.165) is 31.5 Å². The molecule has 2 rings (SSSR count). The Labute approximate surface area is 123 Å². The predicted octanol–water partition coefficient (Wildman–Crippen LogP) is 2.25. The van der Waals surface area contributed by atoms with Crippen molar-refractivity contribution in [3.63, 3.8) is 0 Å². The van der Waals surface area contributed by atoms with Crippen LogP contribution in [-0.4, -0.2) is 21.5 Å². The molecule has 0 amide bonds. The van der Waals surface area contributed by atoms with Gasteiger partial charge in [-0.15, -0.1) is 0 Å². The molecule has 6 heteroatoms. The number of nitrogens with one attached hydrogen (secondary N) is 2. The molecule has 0 saturated heterocycles. The second kappa shape index (κ2) is 6.35. The van der Waals surface area contributed by atoms with Crippen LogP contribution in [0.4, 0.5) is 0 Å². The van der Waals surface area contributed by atoms with Gasteiger partial charge < -0.3 is 5.32 Å². The van der Waals surface area contributed by atoms with Crippen molar-refractivity contribution in [2.75, 3.05) is 13.1 Å². The van der Waals surface area contributed by atoms with Crippen LogP contribution in [0.2, 0.25) is 0 Å². The zero-order valence-corrected chi connectivity index (χ0v) is 13.4. The third-order valence-corrected chi connectivity index (χ3v) is 5.52. The summed E-state index contributed by atoms with van der Waals surface area (Å²) < 4.78 is 27.6. The average Bonchev–Trinajstić information content (AvgIpc) is 3.18. The van der Waals surface area contributed by atoms with E-state index in [-0.39, 0.29) is 0 Å². The molecule has 1 aromatic rings. The van der Waals surface area contributed by atoms with Crippen molar-refractivity contribution in [2.45, 2.75) is 31.2 Å². The number of hydrogen-bond acceptors (Lipinski definition) is 3. The van der Waals surface area contributed by atoms with Gasteiger partial charge in [-0.2, -0.15) is 0 Å². The zero-order valence-electron chi connectivity index (χ0n) is 10.9. The van der Waals surface area contributed by atoms with Crippen molar-refractivity contribution in [1.29, 1.82) is 0 Å². The summed E-state index contributed by atoms with van der Waals surface area (Å²) in [5.41, 5.74) is 1.06. The number of benzene rings is 1. The maximum Gasteiger partial charge on any atom is 0.241 e. The van der Waals surface area contributed by atoms with E-state index in [4.69, 9.17) is 0 Å². The Morgan fingerprint density at radius 2 is 2.11 bits per heavy atom. The van der Waals surface area contributed by atoms with E-state index in [0.29, 0.717) is 21.8 Å². The highest BCUT2D eigenvalue weighted by molar-refractivity contribution is 9.10. The van der Waals surface area contributed by atoms with E-state index in [1.165, 1.54) is 0 Å². The molecule has 0 aromatic heterocycles. The topological polar surface area (TPSA) is 58.2 Å². The largest absolute Gasteiger partial charge is 0.313 e. The summed E-state index contributed by atoms with van der Waals surface area (Å²) in [6.07, 6.45) is 2.26. The fourth-order valence-corrected chi connectivity index (χ4v) is 4.01. The van der Waals surface area contributed by atoms with E-state index in [2.05, 4.69) is 26.0 Å². The molecule has 0 bridgehead atoms. The van der Waals surface area contributed by atoms with Crippen LogP contribution in [0.15, 0.2) is 27.6 Å². The summed E-state index contributed by atoms with van der Waals surface area (Å²) >= 11 is 3.35. The standard InChI is InChI=1S/C13H19BrN2O2S/c1-2-15-8-11-5-6-13(12(14)7-11)19(17,18)16-9-10-3-4-10/h5-7,10,15-16H,2-4,8-9H2,1H3. The van der Waals surface area contributed by atoms with Crippen LogP contribution in [0.5, 0.6) is 0 Å². The molecular formula is C13H19BrN2O2S. The van der Waals surface area contributed by atoms with Gasteiger partial charge in [-0.05, 0) is 58.9 Å². The highest BCUT2D eigenvalue weighted by Crippen LogP contribution is 2.29. The average molecular weight is 347 g/mol. The number of sulfonamides is 1. The van der Waals surface area contributed by atoms with Gasteiger partial charge in [0.25, 0.3) is 0 Å². The molecule has 0 heterocycles. The van der Waals surface area contributed by atoms with Gasteiger partial charge in [-0.25, -0.2) is 13.1 Å². The molecule has 2 N–H and O–H groups in total. The minimum atomic E-state index is -3.40. The maximum absolute atomic E-state index is 12.2. The van der Waals surface area contributed by atoms with Gasteiger partial charge in [0, 0.05) is 17.6 Å². The molecule has 1 aromatic carbocycles. The summed E-state index contributed by atoms with van der Waals surface area (Å²) in [4.78, 5) is 0.313. The lowest BCUT2D eigenvalue weighted by Crippen LogP contribution is -2.26. The van der Waals surface area contributed by atoms with Crippen molar-refractivity contribution in [1.82, 2.24) is 10.0 Å². The highest BCUT2D eigenvalue weighted by Gasteiger charge is 2.25. The minimum Gasteiger partial charge on any atom is -0.313 e. The van der Waals surface area contributed by atoms with Gasteiger partial charge in [0.15, 0.2) is 0 Å². The van der Waals surface area contributed by atoms with Crippen LogP contribution in [0.3, 0.4) is 0 Å². The Morgan fingerprint density at radius 1 is 1.37 bits per heavy atom. The lowest BCUT2D eigenvalue weighted by molar-refractivity contribution is 0.577. The van der Waals surface area contributed by atoms with Gasteiger partial charge in [-0.3, -0.25) is 0 Å². The molecule has 0 radical (unpaired) electrons. The normalized spacial score (nSPS) is 15.7. The van der Waals surface area contributed by atoms with Crippen LogP contribution in [0.1, 0.15) is 25.3 Å². The Bertz CT molecular complexity index is 542. The monoisotopic (exact) mass is 346 g/mol. The van der Waals surface area contributed by atoms with E-state index >= 15 is 0 Å². The van der Waals surface area contributed by atoms with Crippen LogP contribution in [0, 0.1) is 5.92 Å². The first-order valence-corrected chi connectivity index (χ1v) is 8.79. The van der Waals surface area contributed by atoms with Crippen molar-refractivity contribution in [3.8, 4) is 0 Å². The van der Waals surface area contributed by atoms with Gasteiger partial charge >= 0.3 is 0 Å². The van der Waals surface area contributed by atoms with Gasteiger partial charge in [0.05, 0.1) is 4.90 Å². The number of halogens is 1. The van der Waals surface area contributed by atoms with E-state index < -0.39 is 10.0 Å². The quantitative estimate of drug-likeness (QED) is 0.795. The van der Waals surface area contributed by atoms with E-state index in [9.17, 15) is 8.42 Å². The summed E-state index contributed by atoms with van der Waals surface area (Å²) in [5, 5.41) is 3.21. The van der Waals surface area contributed by atoms with Crippen molar-refractivity contribution in [3.05, 3.63) is 28.2 Å². The highest BCUT2D eigenvalue weighted by atomic mass is 79.9. The van der Waals surface area contributed by atoms with Crippen molar-refractivity contribution in [2.24, 2.45) is 5.92 Å². The molecule has 1 aliphatic carbocycles. The molecule has 19 heavy (non-hydrogen) atoms. The Kier molecular flexibility index (Phi) is 5.00. The van der Waals surface area contributed by atoms with Gasteiger partial charge in [0.1, 0.15) is 0 Å². The fourth-order valence-electron chi connectivity index (χ4n) is 1.77. The van der Waals surface area contributed by atoms with E-state index in [1.54, 1.807) is 6.07 Å². The van der Waals surface area contributed by atoms with Crippen LogP contribution >= 0.6 is 15.9 Å². The van der Waals surface area contributed by atoms with E-state index in [1.807, 2.05) is 19.1 Å². The molecule has 1 aliphatic rings. The summed E-state index contributed by atoms with van der Waals surface area (Å²) in [6, 6.07) is 5.36. The van der Waals surface area contributed by atoms with Crippen LogP contribution < -0.4 is 10.0 Å². The van der Waals surface area contributed by atoms with Gasteiger partial charge in [-0.1, -0.05) is 13.0 Å². The minimum absolute atomic E-state index is 0.313. The van der Waals surface area contributed by atoms with Crippen LogP contribution in [0.25, 0.3) is 0 Å². The Morgan fingerprint density at radius 3 is 2.68 bits per heavy atom. The molecule has 1 fully saturated rings. The molecule has 0 aliphatic heterocycles. The second-order valence-corrected chi connectivity index (χ2v) is 7.43. The molecule has 0 spiro atoms. The van der Waals surface area contributed by atoms with Crippen molar-refractivity contribution < 1.29 is 8.42 Å². The summed E-state index contributed by atoms with van der Waals surface area (Å²) in [5.74, 6) is 0.529. The smallest absolute Gasteiger partial charge is 0.241 e. The fraction of sp³-hybridized carbons (Fsp3) is 0.538. The Balaban J connectivity index is 2.09. The molecule has 106 valence electrons. The lowest BCUT2D eigenvalue weighted by atomic mass is 10.2. The molecule has 0 unspecified atom stereocenters. The van der Waals surface area contributed by atoms with Crippen molar-refractivity contribution >= 4 is 26.0 Å². The second-order valence-electron chi connectivity index (χ2n) is 4.84. The maximum atomic E-state index is 12.2. The summed E-state index contributed by atoms with van der Waals surface area (Å²) in [6.45, 7) is 4.22. The predicted molar refractivity (Wildman–Crippen MR) is 79.4 cm³/mol. The molecule has 4 nitrogen and oxygen atoms in total. The first-order valence-electron chi connectivity index (χ1n) is 6.51. The third-order valence-electron chi connectivity index (χ3n) is 3.12. The first-order chi connectivity index (χ1) is 9.03. The molecular weight excluding hydrogens is 328 g/mol. The molecule has 1 saturated carbocycles. The van der Waals surface area contributed by atoms with Crippen LogP contribution in [-0.2, 0) is 16.6 Å². The lowest BCUT2D eigenvalue weighted by Gasteiger charge is -2.10. The Hall–Kier alpha value is -0.430. The zero-order chi connectivity index (χ0) is 13.9. The first kappa shape index (κ1) is 15.0. The number of hydrogen-bond donors (Lipinski definition) is 2.